The van der Waals surface area contributed by atoms with Crippen LogP contribution < -0.4 is 0 Å². The third kappa shape index (κ3) is 3.57. The molecular formula is C19H19N3OS. The van der Waals surface area contributed by atoms with E-state index in [-0.39, 0.29) is 5.78 Å². The number of hydrogen-bond acceptors (Lipinski definition) is 4. The Morgan fingerprint density at radius 1 is 1.04 bits per heavy atom. The summed E-state index contributed by atoms with van der Waals surface area (Å²) in [4.78, 5) is 12.3. The highest BCUT2D eigenvalue weighted by Crippen LogP contribution is 2.23. The molecule has 4 nitrogen and oxygen atoms in total. The molecule has 24 heavy (non-hydrogen) atoms. The molecule has 0 saturated heterocycles. The first-order chi connectivity index (χ1) is 11.7. The van der Waals surface area contributed by atoms with Crippen LogP contribution in [0.4, 0.5) is 0 Å². The number of rotatable bonds is 6. The van der Waals surface area contributed by atoms with Gasteiger partial charge in [-0.2, -0.15) is 0 Å². The van der Waals surface area contributed by atoms with Crippen molar-refractivity contribution >= 4 is 17.5 Å². The quantitative estimate of drug-likeness (QED) is 0.501. The van der Waals surface area contributed by atoms with E-state index in [1.807, 2.05) is 41.8 Å². The molecule has 0 aliphatic carbocycles. The summed E-state index contributed by atoms with van der Waals surface area (Å²) in [6.45, 7) is 4.05. The molecule has 0 amide bonds. The van der Waals surface area contributed by atoms with Crippen LogP contribution in [0.25, 0.3) is 5.69 Å². The molecule has 0 bridgehead atoms. The Balaban J connectivity index is 1.78. The molecule has 0 N–H and O–H groups in total. The maximum Gasteiger partial charge on any atom is 0.196 e. The molecule has 3 aromatic rings. The van der Waals surface area contributed by atoms with Crippen molar-refractivity contribution < 1.29 is 4.79 Å². The second-order valence-corrected chi connectivity index (χ2v) is 6.41. The zero-order valence-electron chi connectivity index (χ0n) is 13.8. The number of carbonyl (C=O) groups excluding carboxylic acids is 1. The molecule has 0 unspecified atom stereocenters. The van der Waals surface area contributed by atoms with Gasteiger partial charge in [-0.05, 0) is 31.0 Å². The van der Waals surface area contributed by atoms with Crippen LogP contribution in [0.2, 0.25) is 0 Å². The van der Waals surface area contributed by atoms with Crippen LogP contribution >= 0.6 is 11.8 Å². The van der Waals surface area contributed by atoms with E-state index in [4.69, 9.17) is 0 Å². The standard InChI is InChI=1S/C19H19N3OS/c1-3-15-9-11-17(12-10-15)22-14(2)20-21-19(22)24-13-18(23)16-7-5-4-6-8-16/h4-12H,3,13H2,1-2H3. The summed E-state index contributed by atoms with van der Waals surface area (Å²) >= 11 is 1.42. The van der Waals surface area contributed by atoms with Crippen molar-refractivity contribution in [2.75, 3.05) is 5.75 Å². The average Bonchev–Trinajstić information content (AvgIpc) is 3.01. The monoisotopic (exact) mass is 337 g/mol. The molecule has 1 aromatic heterocycles. The molecule has 0 aliphatic heterocycles. The number of nitrogens with zero attached hydrogens (tertiary/aromatic N) is 3. The summed E-state index contributed by atoms with van der Waals surface area (Å²) in [5, 5.41) is 9.13. The van der Waals surface area contributed by atoms with Gasteiger partial charge in [-0.25, -0.2) is 0 Å². The van der Waals surface area contributed by atoms with Crippen LogP contribution in [0.3, 0.4) is 0 Å². The molecule has 0 spiro atoms. The topological polar surface area (TPSA) is 47.8 Å². The summed E-state index contributed by atoms with van der Waals surface area (Å²) in [7, 11) is 0. The van der Waals surface area contributed by atoms with E-state index in [0.717, 1.165) is 28.7 Å². The molecule has 122 valence electrons. The maximum atomic E-state index is 12.3. The first-order valence-corrected chi connectivity index (χ1v) is 8.90. The van der Waals surface area contributed by atoms with E-state index in [0.29, 0.717) is 5.75 Å². The number of hydrogen-bond donors (Lipinski definition) is 0. The third-order valence-electron chi connectivity index (χ3n) is 3.83. The zero-order chi connectivity index (χ0) is 16.9. The fourth-order valence-electron chi connectivity index (χ4n) is 2.45. The van der Waals surface area contributed by atoms with Gasteiger partial charge in [0.1, 0.15) is 5.82 Å². The number of benzene rings is 2. The van der Waals surface area contributed by atoms with Crippen LogP contribution in [0.5, 0.6) is 0 Å². The van der Waals surface area contributed by atoms with E-state index in [2.05, 4.69) is 41.4 Å². The van der Waals surface area contributed by atoms with Crippen LogP contribution in [0.1, 0.15) is 28.7 Å². The lowest BCUT2D eigenvalue weighted by molar-refractivity contribution is 0.102. The van der Waals surface area contributed by atoms with E-state index < -0.39 is 0 Å². The number of ketones is 1. The molecule has 0 saturated carbocycles. The molecular weight excluding hydrogens is 318 g/mol. The van der Waals surface area contributed by atoms with Crippen molar-refractivity contribution in [1.29, 1.82) is 0 Å². The summed E-state index contributed by atoms with van der Waals surface area (Å²) < 4.78 is 1.99. The minimum atomic E-state index is 0.0918. The van der Waals surface area contributed by atoms with Crippen molar-refractivity contribution in [3.8, 4) is 5.69 Å². The SMILES string of the molecule is CCc1ccc(-n2c(C)nnc2SCC(=O)c2ccccc2)cc1. The Labute approximate surface area is 145 Å². The minimum absolute atomic E-state index is 0.0918. The van der Waals surface area contributed by atoms with Gasteiger partial charge in [0, 0.05) is 11.3 Å². The van der Waals surface area contributed by atoms with Crippen molar-refractivity contribution in [3.63, 3.8) is 0 Å². The Hall–Kier alpha value is -2.40. The molecule has 0 aliphatic rings. The van der Waals surface area contributed by atoms with Crippen molar-refractivity contribution in [1.82, 2.24) is 14.8 Å². The molecule has 0 fully saturated rings. The van der Waals surface area contributed by atoms with E-state index in [1.54, 1.807) is 0 Å². The lowest BCUT2D eigenvalue weighted by atomic mass is 10.1. The van der Waals surface area contributed by atoms with Crippen molar-refractivity contribution in [2.24, 2.45) is 0 Å². The van der Waals surface area contributed by atoms with Crippen molar-refractivity contribution in [2.45, 2.75) is 25.4 Å². The minimum Gasteiger partial charge on any atom is -0.293 e. The van der Waals surface area contributed by atoms with Crippen LogP contribution in [-0.4, -0.2) is 26.3 Å². The van der Waals surface area contributed by atoms with Crippen LogP contribution in [-0.2, 0) is 6.42 Å². The number of aromatic nitrogens is 3. The van der Waals surface area contributed by atoms with Crippen LogP contribution in [0, 0.1) is 6.92 Å². The lowest BCUT2D eigenvalue weighted by Crippen LogP contribution is -2.04. The predicted octanol–water partition coefficient (Wildman–Crippen LogP) is 4.11. The Morgan fingerprint density at radius 2 is 1.75 bits per heavy atom. The summed E-state index contributed by atoms with van der Waals surface area (Å²) in [6, 6.07) is 17.7. The largest absolute Gasteiger partial charge is 0.293 e. The molecule has 5 heteroatoms. The highest BCUT2D eigenvalue weighted by molar-refractivity contribution is 7.99. The molecule has 1 heterocycles. The third-order valence-corrected chi connectivity index (χ3v) is 4.76. The van der Waals surface area contributed by atoms with Gasteiger partial charge in [0.15, 0.2) is 10.9 Å². The van der Waals surface area contributed by atoms with Crippen molar-refractivity contribution in [3.05, 3.63) is 71.5 Å². The molecule has 0 radical (unpaired) electrons. The van der Waals surface area contributed by atoms with Crippen LogP contribution in [0.15, 0.2) is 59.8 Å². The lowest BCUT2D eigenvalue weighted by Gasteiger charge is -2.09. The highest BCUT2D eigenvalue weighted by Gasteiger charge is 2.14. The van der Waals surface area contributed by atoms with E-state index in [9.17, 15) is 4.79 Å². The molecule has 2 aromatic carbocycles. The Kier molecular flexibility index (Phi) is 5.11. The first kappa shape index (κ1) is 16.5. The molecule has 3 rings (SSSR count). The number of aryl methyl sites for hydroxylation is 2. The normalized spacial score (nSPS) is 10.8. The second-order valence-electron chi connectivity index (χ2n) is 5.46. The van der Waals surface area contributed by atoms with Gasteiger partial charge in [-0.3, -0.25) is 9.36 Å². The average molecular weight is 337 g/mol. The van der Waals surface area contributed by atoms with Gasteiger partial charge in [0.05, 0.1) is 5.75 Å². The number of Topliss-reactive ketones (excluding diaryl/α,β-unsaturated/α-hetero) is 1. The highest BCUT2D eigenvalue weighted by atomic mass is 32.2. The fourth-order valence-corrected chi connectivity index (χ4v) is 3.34. The zero-order valence-corrected chi connectivity index (χ0v) is 14.6. The number of carbonyl (C=O) groups is 1. The number of thioether (sulfide) groups is 1. The van der Waals surface area contributed by atoms with E-state index >= 15 is 0 Å². The van der Waals surface area contributed by atoms with Gasteiger partial charge < -0.3 is 0 Å². The van der Waals surface area contributed by atoms with E-state index in [1.165, 1.54) is 17.3 Å². The smallest absolute Gasteiger partial charge is 0.196 e. The Bertz CT molecular complexity index is 826. The van der Waals surface area contributed by atoms with Gasteiger partial charge in [0.25, 0.3) is 0 Å². The van der Waals surface area contributed by atoms with Gasteiger partial charge in [-0.15, -0.1) is 10.2 Å². The van der Waals surface area contributed by atoms with Gasteiger partial charge >= 0.3 is 0 Å². The summed E-state index contributed by atoms with van der Waals surface area (Å²) in [5.41, 5.74) is 3.03. The second kappa shape index (κ2) is 7.45. The fraction of sp³-hybridized carbons (Fsp3) is 0.211. The molecule has 0 atom stereocenters. The first-order valence-electron chi connectivity index (χ1n) is 7.91. The van der Waals surface area contributed by atoms with Gasteiger partial charge in [0.2, 0.25) is 0 Å². The Morgan fingerprint density at radius 3 is 2.42 bits per heavy atom. The summed E-state index contributed by atoms with van der Waals surface area (Å²) in [5.74, 6) is 1.25. The summed E-state index contributed by atoms with van der Waals surface area (Å²) in [6.07, 6.45) is 1.01. The maximum absolute atomic E-state index is 12.3. The van der Waals surface area contributed by atoms with Gasteiger partial charge in [-0.1, -0.05) is 61.2 Å². The predicted molar refractivity (Wildman–Crippen MR) is 97.0 cm³/mol.